The van der Waals surface area contributed by atoms with Crippen LogP contribution in [0, 0.1) is 0 Å². The second-order valence-electron chi connectivity index (χ2n) is 7.59. The fourth-order valence-electron chi connectivity index (χ4n) is 3.35. The van der Waals surface area contributed by atoms with E-state index in [1.165, 1.54) is 11.0 Å². The standard InChI is InChI=1S/C22H23F3N2O3/c1-14(2)16-5-8-19(28)18(13-16)21(30)27-11-9-26(10-12-27)20(29)15-3-6-17(7-4-15)22(23,24)25/h3-8,13-14,28H,9-12H2,1-2H3. The van der Waals surface area contributed by atoms with E-state index in [0.29, 0.717) is 0 Å². The summed E-state index contributed by atoms with van der Waals surface area (Å²) >= 11 is 0. The van der Waals surface area contributed by atoms with E-state index < -0.39 is 11.7 Å². The molecule has 0 saturated carbocycles. The first-order valence-corrected chi connectivity index (χ1v) is 9.66. The molecule has 1 aliphatic heterocycles. The average Bonchev–Trinajstić information content (AvgIpc) is 2.72. The summed E-state index contributed by atoms with van der Waals surface area (Å²) in [6, 6.07) is 9.07. The summed E-state index contributed by atoms with van der Waals surface area (Å²) < 4.78 is 38.0. The summed E-state index contributed by atoms with van der Waals surface area (Å²) in [5.74, 6) is -0.569. The maximum Gasteiger partial charge on any atom is 0.416 e. The fourth-order valence-corrected chi connectivity index (χ4v) is 3.35. The normalized spacial score (nSPS) is 14.9. The lowest BCUT2D eigenvalue weighted by Gasteiger charge is -2.35. The van der Waals surface area contributed by atoms with Gasteiger partial charge >= 0.3 is 6.18 Å². The molecular weight excluding hydrogens is 397 g/mol. The van der Waals surface area contributed by atoms with E-state index in [2.05, 4.69) is 0 Å². The molecule has 2 amide bonds. The SMILES string of the molecule is CC(C)c1ccc(O)c(C(=O)N2CCN(C(=O)c3ccc(C(F)(F)F)cc3)CC2)c1. The summed E-state index contributed by atoms with van der Waals surface area (Å²) in [4.78, 5) is 28.5. The molecule has 30 heavy (non-hydrogen) atoms. The molecule has 1 heterocycles. The molecule has 160 valence electrons. The molecule has 2 aromatic carbocycles. The van der Waals surface area contributed by atoms with Crippen LogP contribution >= 0.6 is 0 Å². The minimum atomic E-state index is -4.45. The number of hydrogen-bond acceptors (Lipinski definition) is 3. The first-order chi connectivity index (χ1) is 14.1. The number of aromatic hydroxyl groups is 1. The maximum atomic E-state index is 12.8. The lowest BCUT2D eigenvalue weighted by Crippen LogP contribution is -2.50. The largest absolute Gasteiger partial charge is 0.507 e. The van der Waals surface area contributed by atoms with Crippen LogP contribution in [0.2, 0.25) is 0 Å². The van der Waals surface area contributed by atoms with Crippen molar-refractivity contribution in [2.75, 3.05) is 26.2 Å². The van der Waals surface area contributed by atoms with Gasteiger partial charge in [-0.1, -0.05) is 19.9 Å². The Morgan fingerprint density at radius 1 is 0.900 bits per heavy atom. The van der Waals surface area contributed by atoms with Gasteiger partial charge in [-0.2, -0.15) is 13.2 Å². The number of carbonyl (C=O) groups is 2. The Labute approximate surface area is 172 Å². The molecule has 0 aliphatic carbocycles. The maximum absolute atomic E-state index is 12.8. The molecule has 0 radical (unpaired) electrons. The molecule has 8 heteroatoms. The molecule has 1 aliphatic rings. The van der Waals surface area contributed by atoms with Crippen molar-refractivity contribution in [2.45, 2.75) is 25.9 Å². The second-order valence-corrected chi connectivity index (χ2v) is 7.59. The smallest absolute Gasteiger partial charge is 0.416 e. The van der Waals surface area contributed by atoms with E-state index in [0.717, 1.165) is 29.8 Å². The monoisotopic (exact) mass is 420 g/mol. The predicted octanol–water partition coefficient (Wildman–Crippen LogP) is 4.13. The molecule has 0 aromatic heterocycles. The third-order valence-electron chi connectivity index (χ3n) is 5.23. The summed E-state index contributed by atoms with van der Waals surface area (Å²) in [6.07, 6.45) is -4.45. The van der Waals surface area contributed by atoms with Gasteiger partial charge in [0.1, 0.15) is 5.75 Å². The van der Waals surface area contributed by atoms with Crippen LogP contribution in [0.15, 0.2) is 42.5 Å². The van der Waals surface area contributed by atoms with Crippen LogP contribution in [0.3, 0.4) is 0 Å². The van der Waals surface area contributed by atoms with Gasteiger partial charge in [-0.15, -0.1) is 0 Å². The first kappa shape index (κ1) is 21.7. The Hall–Kier alpha value is -3.03. The molecule has 0 spiro atoms. The molecular formula is C22H23F3N2O3. The summed E-state index contributed by atoms with van der Waals surface area (Å²) in [7, 11) is 0. The number of nitrogens with zero attached hydrogens (tertiary/aromatic N) is 2. The highest BCUT2D eigenvalue weighted by molar-refractivity contribution is 5.98. The van der Waals surface area contributed by atoms with E-state index in [4.69, 9.17) is 0 Å². The number of rotatable bonds is 3. The van der Waals surface area contributed by atoms with Gasteiger partial charge in [0.25, 0.3) is 11.8 Å². The van der Waals surface area contributed by atoms with Crippen LogP contribution in [-0.2, 0) is 6.18 Å². The van der Waals surface area contributed by atoms with Gasteiger partial charge in [0.15, 0.2) is 0 Å². The Balaban J connectivity index is 1.65. The molecule has 0 bridgehead atoms. The number of halogens is 3. The van der Waals surface area contributed by atoms with Gasteiger partial charge in [-0.3, -0.25) is 9.59 Å². The predicted molar refractivity (Wildman–Crippen MR) is 105 cm³/mol. The highest BCUT2D eigenvalue weighted by Gasteiger charge is 2.31. The zero-order valence-corrected chi connectivity index (χ0v) is 16.7. The lowest BCUT2D eigenvalue weighted by atomic mass is 9.99. The van der Waals surface area contributed by atoms with Crippen molar-refractivity contribution in [3.05, 3.63) is 64.7 Å². The van der Waals surface area contributed by atoms with Crippen LogP contribution in [0.4, 0.5) is 13.2 Å². The number of phenolic OH excluding ortho intramolecular Hbond substituents is 1. The number of amides is 2. The van der Waals surface area contributed by atoms with E-state index in [9.17, 15) is 27.9 Å². The summed E-state index contributed by atoms with van der Waals surface area (Å²) in [5.41, 5.74) is 0.527. The second kappa shape index (κ2) is 8.38. The number of piperazine rings is 1. The van der Waals surface area contributed by atoms with E-state index in [1.54, 1.807) is 17.0 Å². The minimum Gasteiger partial charge on any atom is -0.507 e. The summed E-state index contributed by atoms with van der Waals surface area (Å²) in [5, 5.41) is 10.1. The van der Waals surface area contributed by atoms with Crippen LogP contribution in [-0.4, -0.2) is 52.9 Å². The summed E-state index contributed by atoms with van der Waals surface area (Å²) in [6.45, 7) is 5.05. The molecule has 2 aromatic rings. The fraction of sp³-hybridized carbons (Fsp3) is 0.364. The first-order valence-electron chi connectivity index (χ1n) is 9.66. The van der Waals surface area contributed by atoms with Crippen molar-refractivity contribution >= 4 is 11.8 Å². The van der Waals surface area contributed by atoms with Crippen molar-refractivity contribution in [1.82, 2.24) is 9.80 Å². The molecule has 0 unspecified atom stereocenters. The number of phenols is 1. The quantitative estimate of drug-likeness (QED) is 0.812. The van der Waals surface area contributed by atoms with Gasteiger partial charge in [0.2, 0.25) is 0 Å². The Bertz CT molecular complexity index is 932. The highest BCUT2D eigenvalue weighted by Crippen LogP contribution is 2.29. The lowest BCUT2D eigenvalue weighted by molar-refractivity contribution is -0.137. The van der Waals surface area contributed by atoms with Crippen molar-refractivity contribution in [3.8, 4) is 5.75 Å². The van der Waals surface area contributed by atoms with Crippen LogP contribution in [0.25, 0.3) is 0 Å². The average molecular weight is 420 g/mol. The molecule has 3 rings (SSSR count). The van der Waals surface area contributed by atoms with Gasteiger partial charge in [-0.25, -0.2) is 0 Å². The topological polar surface area (TPSA) is 60.9 Å². The molecule has 1 fully saturated rings. The van der Waals surface area contributed by atoms with Gasteiger partial charge < -0.3 is 14.9 Å². The zero-order valence-electron chi connectivity index (χ0n) is 16.7. The van der Waals surface area contributed by atoms with Gasteiger partial charge in [0.05, 0.1) is 11.1 Å². The molecule has 0 atom stereocenters. The van der Waals surface area contributed by atoms with Crippen LogP contribution < -0.4 is 0 Å². The number of hydrogen-bond donors (Lipinski definition) is 1. The van der Waals surface area contributed by atoms with Crippen molar-refractivity contribution < 1.29 is 27.9 Å². The number of benzene rings is 2. The minimum absolute atomic E-state index is 0.0901. The molecule has 5 nitrogen and oxygen atoms in total. The third kappa shape index (κ3) is 4.58. The third-order valence-corrected chi connectivity index (χ3v) is 5.23. The van der Waals surface area contributed by atoms with Gasteiger partial charge in [0, 0.05) is 31.7 Å². The van der Waals surface area contributed by atoms with Gasteiger partial charge in [-0.05, 0) is 47.9 Å². The Morgan fingerprint density at radius 3 is 1.93 bits per heavy atom. The van der Waals surface area contributed by atoms with Crippen molar-refractivity contribution in [1.29, 1.82) is 0 Å². The highest BCUT2D eigenvalue weighted by atomic mass is 19.4. The van der Waals surface area contributed by atoms with Crippen molar-refractivity contribution in [3.63, 3.8) is 0 Å². The van der Waals surface area contributed by atoms with Crippen LogP contribution in [0.1, 0.15) is 51.6 Å². The van der Waals surface area contributed by atoms with Crippen molar-refractivity contribution in [2.24, 2.45) is 0 Å². The van der Waals surface area contributed by atoms with E-state index >= 15 is 0 Å². The number of alkyl halides is 3. The number of carbonyl (C=O) groups excluding carboxylic acids is 2. The van der Waals surface area contributed by atoms with Crippen LogP contribution in [0.5, 0.6) is 5.75 Å². The Kier molecular flexibility index (Phi) is 6.05. The Morgan fingerprint density at radius 2 is 1.43 bits per heavy atom. The van der Waals surface area contributed by atoms with E-state index in [1.807, 2.05) is 13.8 Å². The van der Waals surface area contributed by atoms with E-state index in [-0.39, 0.29) is 60.8 Å². The zero-order chi connectivity index (χ0) is 22.1. The molecule has 1 saturated heterocycles. The molecule has 1 N–H and O–H groups in total.